The number of benzene rings is 1. The highest BCUT2D eigenvalue weighted by atomic mass is 79.9. The van der Waals surface area contributed by atoms with E-state index in [1.54, 1.807) is 7.11 Å². The van der Waals surface area contributed by atoms with Crippen molar-refractivity contribution in [2.75, 3.05) is 32.1 Å². The predicted octanol–water partition coefficient (Wildman–Crippen LogP) is 2.83. The van der Waals surface area contributed by atoms with E-state index < -0.39 is 5.41 Å². The van der Waals surface area contributed by atoms with Gasteiger partial charge >= 0.3 is 0 Å². The second kappa shape index (κ2) is 7.98. The molecular weight excluding hydrogens is 344 g/mol. The van der Waals surface area contributed by atoms with Crippen molar-refractivity contribution in [2.24, 2.45) is 5.41 Å². The number of piperidine rings is 1. The molecule has 0 bridgehead atoms. The standard InChI is InChI=1S/C14H19BrN2O2.ClH/c1-19-10-14(5-7-16-8-6-14)13(18)17-12-4-2-3-11(15)9-12;/h2-4,9,16H,5-8,10H2,1H3,(H,17,18);1H. The number of hydrogen-bond donors (Lipinski definition) is 2. The van der Waals surface area contributed by atoms with Crippen molar-refractivity contribution in [3.63, 3.8) is 0 Å². The maximum absolute atomic E-state index is 12.6. The number of anilines is 1. The highest BCUT2D eigenvalue weighted by Gasteiger charge is 2.39. The van der Waals surface area contributed by atoms with E-state index in [2.05, 4.69) is 26.6 Å². The zero-order valence-corrected chi connectivity index (χ0v) is 13.9. The van der Waals surface area contributed by atoms with E-state index in [9.17, 15) is 4.79 Å². The second-order valence-electron chi connectivity index (χ2n) is 4.93. The van der Waals surface area contributed by atoms with Crippen LogP contribution in [0.25, 0.3) is 0 Å². The van der Waals surface area contributed by atoms with E-state index >= 15 is 0 Å². The molecule has 0 aliphatic carbocycles. The minimum Gasteiger partial charge on any atom is -0.384 e. The number of methoxy groups -OCH3 is 1. The molecule has 6 heteroatoms. The third kappa shape index (κ3) is 4.19. The summed E-state index contributed by atoms with van der Waals surface area (Å²) in [5, 5.41) is 6.28. The lowest BCUT2D eigenvalue weighted by Crippen LogP contribution is -2.47. The largest absolute Gasteiger partial charge is 0.384 e. The molecule has 0 spiro atoms. The van der Waals surface area contributed by atoms with Gasteiger partial charge in [0.2, 0.25) is 5.91 Å². The summed E-state index contributed by atoms with van der Waals surface area (Å²) in [5.41, 5.74) is 0.399. The van der Waals surface area contributed by atoms with Gasteiger partial charge in [0, 0.05) is 17.3 Å². The van der Waals surface area contributed by atoms with Crippen molar-refractivity contribution in [3.05, 3.63) is 28.7 Å². The number of rotatable bonds is 4. The molecule has 4 nitrogen and oxygen atoms in total. The average Bonchev–Trinajstić information content (AvgIpc) is 2.40. The first-order valence-electron chi connectivity index (χ1n) is 6.43. The van der Waals surface area contributed by atoms with Gasteiger partial charge in [-0.25, -0.2) is 0 Å². The molecule has 0 saturated carbocycles. The Hall–Kier alpha value is -0.620. The van der Waals surface area contributed by atoms with Crippen LogP contribution in [0.2, 0.25) is 0 Å². The fraction of sp³-hybridized carbons (Fsp3) is 0.500. The summed E-state index contributed by atoms with van der Waals surface area (Å²) in [7, 11) is 1.65. The van der Waals surface area contributed by atoms with Crippen molar-refractivity contribution in [3.8, 4) is 0 Å². The molecule has 0 radical (unpaired) electrons. The van der Waals surface area contributed by atoms with Crippen LogP contribution in [-0.2, 0) is 9.53 Å². The fourth-order valence-corrected chi connectivity index (χ4v) is 2.85. The van der Waals surface area contributed by atoms with Crippen LogP contribution in [0.15, 0.2) is 28.7 Å². The molecule has 1 heterocycles. The summed E-state index contributed by atoms with van der Waals surface area (Å²) in [5.74, 6) is 0.0500. The molecule has 112 valence electrons. The van der Waals surface area contributed by atoms with Crippen molar-refractivity contribution in [1.82, 2.24) is 5.32 Å². The van der Waals surface area contributed by atoms with Crippen LogP contribution in [0.3, 0.4) is 0 Å². The van der Waals surface area contributed by atoms with Gasteiger partial charge in [0.25, 0.3) is 0 Å². The third-order valence-electron chi connectivity index (χ3n) is 3.55. The molecule has 0 unspecified atom stereocenters. The van der Waals surface area contributed by atoms with Crippen LogP contribution in [0, 0.1) is 5.41 Å². The van der Waals surface area contributed by atoms with Crippen LogP contribution in [0.5, 0.6) is 0 Å². The number of hydrogen-bond acceptors (Lipinski definition) is 3. The number of ether oxygens (including phenoxy) is 1. The van der Waals surface area contributed by atoms with E-state index in [0.29, 0.717) is 6.61 Å². The SMILES string of the molecule is COCC1(C(=O)Nc2cccc(Br)c2)CCNCC1.Cl. The molecule has 20 heavy (non-hydrogen) atoms. The Balaban J connectivity index is 0.00000200. The zero-order valence-electron chi connectivity index (χ0n) is 11.4. The molecule has 0 atom stereocenters. The third-order valence-corrected chi connectivity index (χ3v) is 4.04. The van der Waals surface area contributed by atoms with Gasteiger partial charge in [-0.3, -0.25) is 4.79 Å². The summed E-state index contributed by atoms with van der Waals surface area (Å²) >= 11 is 3.41. The van der Waals surface area contributed by atoms with Gasteiger partial charge in [0.1, 0.15) is 0 Å². The number of nitrogens with one attached hydrogen (secondary N) is 2. The maximum atomic E-state index is 12.6. The predicted molar refractivity (Wildman–Crippen MR) is 86.4 cm³/mol. The van der Waals surface area contributed by atoms with Crippen LogP contribution < -0.4 is 10.6 Å². The first-order valence-corrected chi connectivity index (χ1v) is 7.22. The van der Waals surface area contributed by atoms with Gasteiger partial charge in [-0.1, -0.05) is 22.0 Å². The average molecular weight is 364 g/mol. The lowest BCUT2D eigenvalue weighted by atomic mass is 9.78. The number of amides is 1. The molecule has 2 rings (SSSR count). The highest BCUT2D eigenvalue weighted by Crippen LogP contribution is 2.31. The van der Waals surface area contributed by atoms with Crippen molar-refractivity contribution in [2.45, 2.75) is 12.8 Å². The Morgan fingerprint density at radius 2 is 2.15 bits per heavy atom. The van der Waals surface area contributed by atoms with E-state index in [4.69, 9.17) is 4.74 Å². The minimum absolute atomic E-state index is 0. The van der Waals surface area contributed by atoms with E-state index in [1.807, 2.05) is 24.3 Å². The van der Waals surface area contributed by atoms with Crippen molar-refractivity contribution < 1.29 is 9.53 Å². The summed E-state index contributed by atoms with van der Waals surface area (Å²) in [6, 6.07) is 7.64. The van der Waals surface area contributed by atoms with Crippen LogP contribution in [-0.4, -0.2) is 32.7 Å². The quantitative estimate of drug-likeness (QED) is 0.865. The Kier molecular flexibility index (Phi) is 6.95. The van der Waals surface area contributed by atoms with Gasteiger partial charge in [-0.15, -0.1) is 12.4 Å². The number of carbonyl (C=O) groups is 1. The van der Waals surface area contributed by atoms with E-state index in [0.717, 1.165) is 36.1 Å². The lowest BCUT2D eigenvalue weighted by Gasteiger charge is -2.35. The Morgan fingerprint density at radius 3 is 2.75 bits per heavy atom. The van der Waals surface area contributed by atoms with Gasteiger partial charge < -0.3 is 15.4 Å². The molecule has 1 saturated heterocycles. The number of halogens is 2. The molecule has 1 amide bonds. The fourth-order valence-electron chi connectivity index (χ4n) is 2.45. The summed E-state index contributed by atoms with van der Waals surface area (Å²) < 4.78 is 6.22. The summed E-state index contributed by atoms with van der Waals surface area (Å²) in [6.07, 6.45) is 1.61. The highest BCUT2D eigenvalue weighted by molar-refractivity contribution is 9.10. The molecule has 2 N–H and O–H groups in total. The van der Waals surface area contributed by atoms with Crippen molar-refractivity contribution in [1.29, 1.82) is 0 Å². The molecule has 1 fully saturated rings. The summed E-state index contributed by atoms with van der Waals surface area (Å²) in [4.78, 5) is 12.6. The number of carbonyl (C=O) groups excluding carboxylic acids is 1. The molecule has 1 aliphatic heterocycles. The topological polar surface area (TPSA) is 50.4 Å². The zero-order chi connectivity index (χ0) is 13.7. The lowest BCUT2D eigenvalue weighted by molar-refractivity contribution is -0.130. The molecule has 1 aliphatic rings. The second-order valence-corrected chi connectivity index (χ2v) is 5.84. The van der Waals surface area contributed by atoms with Gasteiger partial charge in [-0.05, 0) is 44.1 Å². The van der Waals surface area contributed by atoms with Crippen LogP contribution >= 0.6 is 28.3 Å². The molecular formula is C14H20BrClN2O2. The first kappa shape index (κ1) is 17.4. The van der Waals surface area contributed by atoms with Crippen LogP contribution in [0.4, 0.5) is 5.69 Å². The Labute approximate surface area is 134 Å². The van der Waals surface area contributed by atoms with Crippen LogP contribution in [0.1, 0.15) is 12.8 Å². The Bertz CT molecular complexity index is 445. The first-order chi connectivity index (χ1) is 9.16. The maximum Gasteiger partial charge on any atom is 0.233 e. The van der Waals surface area contributed by atoms with Gasteiger partial charge in [-0.2, -0.15) is 0 Å². The monoisotopic (exact) mass is 362 g/mol. The molecule has 1 aromatic rings. The Morgan fingerprint density at radius 1 is 1.45 bits per heavy atom. The van der Waals surface area contributed by atoms with E-state index in [1.165, 1.54) is 0 Å². The smallest absolute Gasteiger partial charge is 0.233 e. The van der Waals surface area contributed by atoms with Gasteiger partial charge in [0.05, 0.1) is 12.0 Å². The summed E-state index contributed by atoms with van der Waals surface area (Å²) in [6.45, 7) is 2.18. The molecule has 1 aromatic carbocycles. The minimum atomic E-state index is -0.414. The van der Waals surface area contributed by atoms with Crippen molar-refractivity contribution >= 4 is 39.9 Å². The van der Waals surface area contributed by atoms with E-state index in [-0.39, 0.29) is 18.3 Å². The normalized spacial score (nSPS) is 17.1. The van der Waals surface area contributed by atoms with Gasteiger partial charge in [0.15, 0.2) is 0 Å². The molecule has 0 aromatic heterocycles.